The number of nitrogens with zero attached hydrogens (tertiary/aromatic N) is 2. The van der Waals surface area contributed by atoms with Gasteiger partial charge >= 0.3 is 5.97 Å². The number of rotatable bonds is 7. The zero-order chi connectivity index (χ0) is 22.7. The molecule has 0 atom stereocenters. The van der Waals surface area contributed by atoms with Crippen LogP contribution in [0, 0.1) is 0 Å². The molecule has 1 aliphatic carbocycles. The summed E-state index contributed by atoms with van der Waals surface area (Å²) in [5.74, 6) is -0.379. The van der Waals surface area contributed by atoms with E-state index in [1.165, 1.54) is 16.2 Å². The molecular formula is C24H29N3O4S. The quantitative estimate of drug-likeness (QED) is 0.509. The monoisotopic (exact) mass is 455 g/mol. The number of anilines is 2. The minimum atomic E-state index is -0.341. The van der Waals surface area contributed by atoms with Gasteiger partial charge in [-0.05, 0) is 62.9 Å². The molecule has 0 bridgehead atoms. The smallest absolute Gasteiger partial charge is 0.341 e. The lowest BCUT2D eigenvalue weighted by atomic mass is 10.1. The molecule has 4 rings (SSSR count). The Morgan fingerprint density at radius 2 is 1.78 bits per heavy atom. The van der Waals surface area contributed by atoms with E-state index < -0.39 is 0 Å². The number of hydrogen-bond donors (Lipinski definition) is 1. The summed E-state index contributed by atoms with van der Waals surface area (Å²) in [6.45, 7) is 7.14. The highest BCUT2D eigenvalue weighted by molar-refractivity contribution is 7.17. The number of hydrogen-bond acceptors (Lipinski definition) is 7. The molecule has 1 saturated heterocycles. The van der Waals surface area contributed by atoms with Gasteiger partial charge in [0.25, 0.3) is 0 Å². The number of carbonyl (C=O) groups excluding carboxylic acids is 3. The Kier molecular flexibility index (Phi) is 6.91. The summed E-state index contributed by atoms with van der Waals surface area (Å²) in [4.78, 5) is 42.3. The van der Waals surface area contributed by atoms with E-state index >= 15 is 0 Å². The van der Waals surface area contributed by atoms with E-state index in [-0.39, 0.29) is 17.7 Å². The molecule has 1 N–H and O–H groups in total. The first kappa shape index (κ1) is 22.5. The topological polar surface area (TPSA) is 79.0 Å². The van der Waals surface area contributed by atoms with Crippen LogP contribution >= 0.6 is 11.3 Å². The molecule has 1 amide bonds. The van der Waals surface area contributed by atoms with Gasteiger partial charge in [0, 0.05) is 42.3 Å². The second-order valence-electron chi connectivity index (χ2n) is 8.20. The number of piperazine rings is 1. The molecule has 1 aromatic carbocycles. The number of nitrogens with one attached hydrogen (secondary N) is 1. The summed E-state index contributed by atoms with van der Waals surface area (Å²) in [5.41, 5.74) is 3.40. The Bertz CT molecular complexity index is 1010. The first-order valence-electron chi connectivity index (χ1n) is 11.2. The van der Waals surface area contributed by atoms with Gasteiger partial charge in [-0.3, -0.25) is 14.5 Å². The third kappa shape index (κ3) is 4.86. The van der Waals surface area contributed by atoms with E-state index in [0.717, 1.165) is 56.7 Å². The molecule has 0 radical (unpaired) electrons. The number of fused-ring (bicyclic) bond motifs is 1. The number of esters is 1. The van der Waals surface area contributed by atoms with Gasteiger partial charge in [-0.1, -0.05) is 0 Å². The summed E-state index contributed by atoms with van der Waals surface area (Å²) in [6, 6.07) is 7.67. The largest absolute Gasteiger partial charge is 0.462 e. The van der Waals surface area contributed by atoms with E-state index in [1.54, 1.807) is 13.8 Å². The van der Waals surface area contributed by atoms with Gasteiger partial charge in [-0.2, -0.15) is 0 Å². The second-order valence-corrected chi connectivity index (χ2v) is 9.30. The number of amides is 1. The standard InChI is InChI=1S/C24H29N3O4S/c1-3-31-24(30)22-19-5-4-6-20(19)32-23(22)25-21(29)15-26-11-13-27(14-12-26)18-9-7-17(8-10-18)16(2)28/h7-10H,3-6,11-15H2,1-2H3,(H,25,29). The van der Waals surface area contributed by atoms with Crippen LogP contribution in [0.25, 0.3) is 0 Å². The number of benzene rings is 1. The van der Waals surface area contributed by atoms with Crippen molar-refractivity contribution < 1.29 is 19.1 Å². The molecule has 0 spiro atoms. The summed E-state index contributed by atoms with van der Waals surface area (Å²) < 4.78 is 5.24. The number of aryl methyl sites for hydroxylation is 1. The van der Waals surface area contributed by atoms with Crippen molar-refractivity contribution in [1.29, 1.82) is 0 Å². The van der Waals surface area contributed by atoms with Crippen LogP contribution in [0.4, 0.5) is 10.7 Å². The van der Waals surface area contributed by atoms with Crippen LogP contribution in [-0.2, 0) is 22.4 Å². The molecular weight excluding hydrogens is 426 g/mol. The lowest BCUT2D eigenvalue weighted by molar-refractivity contribution is -0.117. The van der Waals surface area contributed by atoms with Crippen molar-refractivity contribution in [2.75, 3.05) is 49.5 Å². The summed E-state index contributed by atoms with van der Waals surface area (Å²) in [5, 5.41) is 3.61. The molecule has 1 aliphatic heterocycles. The number of carbonyl (C=O) groups is 3. The minimum absolute atomic E-state index is 0.0643. The lowest BCUT2D eigenvalue weighted by Gasteiger charge is -2.35. The number of ketones is 1. The summed E-state index contributed by atoms with van der Waals surface area (Å²) >= 11 is 1.51. The van der Waals surface area contributed by atoms with E-state index in [9.17, 15) is 14.4 Å². The van der Waals surface area contributed by atoms with Gasteiger partial charge in [0.1, 0.15) is 5.00 Å². The predicted octanol–water partition coefficient (Wildman–Crippen LogP) is 3.38. The zero-order valence-corrected chi connectivity index (χ0v) is 19.4. The summed E-state index contributed by atoms with van der Waals surface area (Å²) in [7, 11) is 0. The number of thiophene rings is 1. The molecule has 1 aromatic heterocycles. The van der Waals surface area contributed by atoms with Crippen molar-refractivity contribution in [1.82, 2.24) is 4.90 Å². The van der Waals surface area contributed by atoms with Gasteiger partial charge in [0.2, 0.25) is 5.91 Å². The van der Waals surface area contributed by atoms with Crippen molar-refractivity contribution >= 4 is 39.7 Å². The molecule has 32 heavy (non-hydrogen) atoms. The van der Waals surface area contributed by atoms with Crippen molar-refractivity contribution in [2.24, 2.45) is 0 Å². The lowest BCUT2D eigenvalue weighted by Crippen LogP contribution is -2.48. The maximum Gasteiger partial charge on any atom is 0.341 e. The molecule has 8 heteroatoms. The van der Waals surface area contributed by atoms with E-state index in [4.69, 9.17) is 4.74 Å². The van der Waals surface area contributed by atoms with Crippen LogP contribution in [0.5, 0.6) is 0 Å². The maximum atomic E-state index is 12.7. The maximum absolute atomic E-state index is 12.7. The molecule has 1 fully saturated rings. The van der Waals surface area contributed by atoms with Gasteiger partial charge in [-0.15, -0.1) is 11.3 Å². The Balaban J connectivity index is 1.33. The van der Waals surface area contributed by atoms with Crippen molar-refractivity contribution in [3.05, 3.63) is 45.8 Å². The first-order valence-corrected chi connectivity index (χ1v) is 12.0. The number of Topliss-reactive ketones (excluding diaryl/α,β-unsaturated/α-hetero) is 1. The average Bonchev–Trinajstić information content (AvgIpc) is 3.35. The molecule has 0 saturated carbocycles. The Morgan fingerprint density at radius 1 is 1.06 bits per heavy atom. The van der Waals surface area contributed by atoms with Gasteiger partial charge < -0.3 is 15.0 Å². The fourth-order valence-corrected chi connectivity index (χ4v) is 5.65. The predicted molar refractivity (Wildman–Crippen MR) is 126 cm³/mol. The fraction of sp³-hybridized carbons (Fsp3) is 0.458. The molecule has 170 valence electrons. The van der Waals surface area contributed by atoms with Crippen molar-refractivity contribution in [3.63, 3.8) is 0 Å². The molecule has 0 unspecified atom stereocenters. The van der Waals surface area contributed by atoms with Crippen molar-refractivity contribution in [3.8, 4) is 0 Å². The highest BCUT2D eigenvalue weighted by atomic mass is 32.1. The Morgan fingerprint density at radius 3 is 2.44 bits per heavy atom. The zero-order valence-electron chi connectivity index (χ0n) is 18.6. The van der Waals surface area contributed by atoms with Crippen LogP contribution in [0.15, 0.2) is 24.3 Å². The SMILES string of the molecule is CCOC(=O)c1c(NC(=O)CN2CCN(c3ccc(C(C)=O)cc3)CC2)sc2c1CCC2. The van der Waals surface area contributed by atoms with E-state index in [0.29, 0.717) is 29.3 Å². The van der Waals surface area contributed by atoms with E-state index in [2.05, 4.69) is 15.1 Å². The third-order valence-electron chi connectivity index (χ3n) is 6.03. The Labute approximate surface area is 192 Å². The molecule has 2 aliphatic rings. The Hall–Kier alpha value is -2.71. The normalized spacial score (nSPS) is 16.0. The van der Waals surface area contributed by atoms with Crippen LogP contribution in [0.3, 0.4) is 0 Å². The minimum Gasteiger partial charge on any atom is -0.462 e. The molecule has 7 nitrogen and oxygen atoms in total. The first-order chi connectivity index (χ1) is 15.5. The van der Waals surface area contributed by atoms with Gasteiger partial charge in [0.05, 0.1) is 18.7 Å². The average molecular weight is 456 g/mol. The summed E-state index contributed by atoms with van der Waals surface area (Å²) in [6.07, 6.45) is 2.87. The fourth-order valence-electron chi connectivity index (χ4n) is 4.35. The van der Waals surface area contributed by atoms with Crippen LogP contribution in [0.1, 0.15) is 51.4 Å². The van der Waals surface area contributed by atoms with Crippen molar-refractivity contribution in [2.45, 2.75) is 33.1 Å². The van der Waals surface area contributed by atoms with E-state index in [1.807, 2.05) is 24.3 Å². The van der Waals surface area contributed by atoms with Crippen LogP contribution in [0.2, 0.25) is 0 Å². The van der Waals surface area contributed by atoms with Gasteiger partial charge in [0.15, 0.2) is 5.78 Å². The van der Waals surface area contributed by atoms with Crippen LogP contribution in [-0.4, -0.2) is 61.9 Å². The van der Waals surface area contributed by atoms with Gasteiger partial charge in [-0.25, -0.2) is 4.79 Å². The third-order valence-corrected chi connectivity index (χ3v) is 7.24. The second kappa shape index (κ2) is 9.83. The highest BCUT2D eigenvalue weighted by Gasteiger charge is 2.29. The molecule has 2 aromatic rings. The highest BCUT2D eigenvalue weighted by Crippen LogP contribution is 2.39. The number of ether oxygens (including phenoxy) is 1. The molecule has 2 heterocycles. The van der Waals surface area contributed by atoms with Crippen LogP contribution < -0.4 is 10.2 Å².